The Balaban J connectivity index is 1.40. The Morgan fingerprint density at radius 1 is 0.321 bits per heavy atom. The largest absolute Gasteiger partial charge is 0.376 e. The predicted molar refractivity (Wildman–Crippen MR) is 248 cm³/mol. The molecule has 0 aromatic heterocycles. The van der Waals surface area contributed by atoms with Gasteiger partial charge in [-0.1, -0.05) is 229 Å². The lowest BCUT2D eigenvalue weighted by atomic mass is 9.48. The second-order valence-corrected chi connectivity index (χ2v) is 25.2. The maximum Gasteiger partial charge on any atom is 0.327 e. The molecule has 0 saturated heterocycles. The van der Waals surface area contributed by atoms with E-state index in [2.05, 4.69) is 225 Å². The number of benzene rings is 8. The van der Waals surface area contributed by atoms with Crippen LogP contribution >= 0.6 is 0 Å². The molecule has 0 saturated carbocycles. The van der Waals surface area contributed by atoms with E-state index in [4.69, 9.17) is 0 Å². The highest BCUT2D eigenvalue weighted by atomic mass is 28.3. The normalized spacial score (nSPS) is 14.6. The van der Waals surface area contributed by atoms with E-state index >= 15 is 0 Å². The molecule has 0 amide bonds. The molecule has 0 aliphatic carbocycles. The minimum atomic E-state index is -2.44. The van der Waals surface area contributed by atoms with Crippen molar-refractivity contribution in [1.29, 1.82) is 0 Å². The van der Waals surface area contributed by atoms with Crippen LogP contribution in [-0.4, -0.2) is 23.0 Å². The first-order valence-electron chi connectivity index (χ1n) is 19.9. The van der Waals surface area contributed by atoms with E-state index in [0.29, 0.717) is 0 Å². The summed E-state index contributed by atoms with van der Waals surface area (Å²) in [4.78, 5) is 2.82. The van der Waals surface area contributed by atoms with Gasteiger partial charge in [0.15, 0.2) is 0 Å². The van der Waals surface area contributed by atoms with Gasteiger partial charge in [-0.05, 0) is 55.9 Å². The van der Waals surface area contributed by atoms with Crippen molar-refractivity contribution in [2.45, 2.75) is 26.2 Å². The zero-order valence-corrected chi connectivity index (χ0v) is 34.5. The molecular formula is C52H44BNSi2. The fraction of sp³-hybridized carbons (Fsp3) is 0.0769. The smallest absolute Gasteiger partial charge is 0.327 e. The number of hydrogen-bond acceptors (Lipinski definition) is 1. The summed E-state index contributed by atoms with van der Waals surface area (Å²) in [6.45, 7) is 10.2. The van der Waals surface area contributed by atoms with Gasteiger partial charge in [0.05, 0.1) is 0 Å². The van der Waals surface area contributed by atoms with Crippen LogP contribution in [0.15, 0.2) is 194 Å². The fourth-order valence-electron chi connectivity index (χ4n) is 9.73. The molecule has 10 rings (SSSR count). The topological polar surface area (TPSA) is 3.24 Å². The molecule has 56 heavy (non-hydrogen) atoms. The third-order valence-electron chi connectivity index (χ3n) is 12.5. The second kappa shape index (κ2) is 13.4. The molecule has 0 unspecified atom stereocenters. The molecule has 2 aliphatic rings. The summed E-state index contributed by atoms with van der Waals surface area (Å²) in [5.74, 6) is 0. The van der Waals surface area contributed by atoms with Gasteiger partial charge in [0.25, 0.3) is 0 Å². The molecule has 0 bridgehead atoms. The summed E-state index contributed by atoms with van der Waals surface area (Å²) in [5, 5.41) is 6.01. The molecule has 8 aromatic carbocycles. The summed E-state index contributed by atoms with van der Waals surface area (Å²) in [6.07, 6.45) is 0. The van der Waals surface area contributed by atoms with Crippen molar-refractivity contribution in [3.05, 3.63) is 194 Å². The maximum atomic E-state index is 2.82. The van der Waals surface area contributed by atoms with E-state index in [-0.39, 0.29) is 6.85 Å². The summed E-state index contributed by atoms with van der Waals surface area (Å²) in [7, 11) is -4.47. The molecule has 0 fully saturated rings. The molecule has 1 nitrogen and oxygen atoms in total. The van der Waals surface area contributed by atoms with Gasteiger partial charge >= 0.3 is 6.85 Å². The first kappa shape index (κ1) is 34.5. The summed E-state index contributed by atoms with van der Waals surface area (Å²) < 4.78 is 0. The van der Waals surface area contributed by atoms with Crippen LogP contribution in [0.2, 0.25) is 26.2 Å². The van der Waals surface area contributed by atoms with Crippen molar-refractivity contribution >= 4 is 66.0 Å². The van der Waals surface area contributed by atoms with E-state index in [9.17, 15) is 0 Å². The highest BCUT2D eigenvalue weighted by Gasteiger charge is 2.49. The monoisotopic (exact) mass is 749 g/mol. The molecule has 268 valence electrons. The first-order valence-corrected chi connectivity index (χ1v) is 25.9. The Kier molecular flexibility index (Phi) is 8.25. The Labute approximate surface area is 334 Å². The Hall–Kier alpha value is -5.94. The molecule has 0 radical (unpaired) electrons. The van der Waals surface area contributed by atoms with Crippen LogP contribution in [0.1, 0.15) is 0 Å². The van der Waals surface area contributed by atoms with Crippen LogP contribution in [0.25, 0.3) is 44.5 Å². The lowest BCUT2D eigenvalue weighted by Crippen LogP contribution is -2.78. The molecule has 2 heterocycles. The summed E-state index contributed by atoms with van der Waals surface area (Å²) >= 11 is 0. The van der Waals surface area contributed by atoms with Gasteiger partial charge in [-0.25, -0.2) is 0 Å². The quantitative estimate of drug-likeness (QED) is 0.159. The van der Waals surface area contributed by atoms with Crippen LogP contribution in [0, 0.1) is 0 Å². The average molecular weight is 750 g/mol. The van der Waals surface area contributed by atoms with Crippen LogP contribution in [0.4, 0.5) is 11.4 Å². The highest BCUT2D eigenvalue weighted by molar-refractivity contribution is 7.13. The van der Waals surface area contributed by atoms with Crippen LogP contribution < -0.4 is 36.5 Å². The Morgan fingerprint density at radius 3 is 1.04 bits per heavy atom. The first-order chi connectivity index (χ1) is 27.3. The van der Waals surface area contributed by atoms with Gasteiger partial charge in [-0.15, -0.1) is 0 Å². The lowest BCUT2D eigenvalue weighted by Gasteiger charge is -2.49. The summed E-state index contributed by atoms with van der Waals surface area (Å²) in [6, 6.07) is 73.1. The highest BCUT2D eigenvalue weighted by Crippen LogP contribution is 2.46. The molecular weight excluding hydrogens is 706 g/mol. The third-order valence-corrected chi connectivity index (χ3v) is 19.6. The van der Waals surface area contributed by atoms with E-state index in [1.165, 1.54) is 87.6 Å². The van der Waals surface area contributed by atoms with Crippen molar-refractivity contribution in [1.82, 2.24) is 0 Å². The van der Waals surface area contributed by atoms with Crippen LogP contribution in [-0.2, 0) is 0 Å². The zero-order valence-electron chi connectivity index (χ0n) is 32.5. The molecule has 8 aromatic rings. The molecule has 0 N–H and O–H groups in total. The van der Waals surface area contributed by atoms with Gasteiger partial charge in [0, 0.05) is 22.5 Å². The maximum absolute atomic E-state index is 2.82. The zero-order chi connectivity index (χ0) is 38.0. The third kappa shape index (κ3) is 5.43. The number of fused-ring (bicyclic) bond motifs is 4. The van der Waals surface area contributed by atoms with Crippen molar-refractivity contribution < 1.29 is 0 Å². The average Bonchev–Trinajstić information content (AvgIpc) is 3.25. The minimum Gasteiger partial charge on any atom is -0.376 e. The lowest BCUT2D eigenvalue weighted by molar-refractivity contribution is 1.37. The Morgan fingerprint density at radius 2 is 0.643 bits per heavy atom. The van der Waals surface area contributed by atoms with Crippen LogP contribution in [0.5, 0.6) is 0 Å². The number of anilines is 2. The van der Waals surface area contributed by atoms with Gasteiger partial charge in [0.1, 0.15) is 16.1 Å². The molecule has 4 heteroatoms. The molecule has 0 spiro atoms. The van der Waals surface area contributed by atoms with Crippen LogP contribution in [0.3, 0.4) is 0 Å². The fourth-order valence-corrected chi connectivity index (χ4v) is 15.9. The van der Waals surface area contributed by atoms with Gasteiger partial charge in [-0.3, -0.25) is 0 Å². The van der Waals surface area contributed by atoms with E-state index in [1.807, 2.05) is 0 Å². The number of rotatable bonds is 5. The van der Waals surface area contributed by atoms with E-state index in [1.54, 1.807) is 0 Å². The number of hydrogen-bond donors (Lipinski definition) is 0. The number of nitrogens with zero attached hydrogens (tertiary/aromatic N) is 1. The van der Waals surface area contributed by atoms with Crippen molar-refractivity contribution in [2.24, 2.45) is 0 Å². The van der Waals surface area contributed by atoms with Crippen molar-refractivity contribution in [2.75, 3.05) is 4.81 Å². The predicted octanol–water partition coefficient (Wildman–Crippen LogP) is 9.57. The standard InChI is InChI=1S/C52H44BNSi2/c1-55(2)47-31-19-17-29-45(47)53(46-30-18-20-32-48(46)55)54-51-43(39-25-13-7-14-26-39)33-41(37-21-9-5-10-22-37)35-49(51)56(3,4)50-36-42(38-23-11-6-12-24-38)34-44(52(50)54)40-27-15-8-16-28-40/h5-36H,1-4H3. The molecule has 2 aliphatic heterocycles. The van der Waals surface area contributed by atoms with E-state index in [0.717, 1.165) is 0 Å². The van der Waals surface area contributed by atoms with Gasteiger partial charge in [0.2, 0.25) is 0 Å². The van der Waals surface area contributed by atoms with Gasteiger partial charge in [-0.2, -0.15) is 0 Å². The minimum absolute atomic E-state index is 0.0272. The van der Waals surface area contributed by atoms with E-state index < -0.39 is 16.1 Å². The summed E-state index contributed by atoms with van der Waals surface area (Å²) in [5.41, 5.74) is 15.7. The Bertz CT molecular complexity index is 2560. The van der Waals surface area contributed by atoms with Gasteiger partial charge < -0.3 is 4.81 Å². The SMILES string of the molecule is C[Si]1(C)c2ccccc2B(N2c3c(-c4ccccc4)cc(-c4ccccc4)cc3[Si](C)(C)c3cc(-c4ccccc4)cc(-c4ccccc4)c32)c2ccccc21. The molecule has 0 atom stereocenters. The van der Waals surface area contributed by atoms with Crippen molar-refractivity contribution in [3.63, 3.8) is 0 Å². The van der Waals surface area contributed by atoms with Crippen molar-refractivity contribution in [3.8, 4) is 44.5 Å². The second-order valence-electron chi connectivity index (χ2n) is 16.5.